The normalized spacial score (nSPS) is 27.8. The van der Waals surface area contributed by atoms with Crippen molar-refractivity contribution in [3.05, 3.63) is 23.9 Å². The fourth-order valence-electron chi connectivity index (χ4n) is 3.49. The molecular formula is C17H25N3O4. The molecule has 1 aliphatic heterocycles. The summed E-state index contributed by atoms with van der Waals surface area (Å²) in [6.45, 7) is 5.37. The molecule has 1 aromatic heterocycles. The molecule has 1 aromatic rings. The Balaban J connectivity index is 1.63. The molecule has 1 aliphatic carbocycles. The van der Waals surface area contributed by atoms with Crippen LogP contribution in [0, 0.1) is 0 Å². The summed E-state index contributed by atoms with van der Waals surface area (Å²) in [4.78, 5) is 18.9. The van der Waals surface area contributed by atoms with Crippen molar-refractivity contribution in [2.45, 2.75) is 38.0 Å². The molecule has 0 spiro atoms. The van der Waals surface area contributed by atoms with Gasteiger partial charge in [0, 0.05) is 25.3 Å². The number of rotatable bonds is 5. The van der Waals surface area contributed by atoms with Gasteiger partial charge in [0.15, 0.2) is 0 Å². The molecule has 2 fully saturated rings. The fraction of sp³-hybridized carbons (Fsp3) is 0.647. The Labute approximate surface area is 142 Å². The number of carbonyl (C=O) groups excluding carboxylic acids is 1. The van der Waals surface area contributed by atoms with Gasteiger partial charge in [-0.1, -0.05) is 0 Å². The summed E-state index contributed by atoms with van der Waals surface area (Å²) >= 11 is 0. The van der Waals surface area contributed by atoms with E-state index in [1.807, 2.05) is 6.92 Å². The van der Waals surface area contributed by atoms with E-state index in [0.717, 1.165) is 25.9 Å². The van der Waals surface area contributed by atoms with E-state index < -0.39 is 6.10 Å². The summed E-state index contributed by atoms with van der Waals surface area (Å²) in [6.07, 6.45) is 2.66. The second kappa shape index (κ2) is 7.92. The molecule has 0 bridgehead atoms. The van der Waals surface area contributed by atoms with Crippen molar-refractivity contribution in [3.8, 4) is 5.88 Å². The van der Waals surface area contributed by atoms with E-state index in [2.05, 4.69) is 15.2 Å². The maximum absolute atomic E-state index is 12.5. The summed E-state index contributed by atoms with van der Waals surface area (Å²) in [7, 11) is 0. The van der Waals surface area contributed by atoms with Crippen LogP contribution in [0.2, 0.25) is 0 Å². The lowest BCUT2D eigenvalue weighted by Gasteiger charge is -2.34. The first-order chi connectivity index (χ1) is 11.7. The van der Waals surface area contributed by atoms with Gasteiger partial charge in [0.05, 0.1) is 32.0 Å². The second-order valence-electron chi connectivity index (χ2n) is 6.15. The molecule has 24 heavy (non-hydrogen) atoms. The van der Waals surface area contributed by atoms with Crippen LogP contribution in [0.5, 0.6) is 5.88 Å². The molecule has 3 atom stereocenters. The minimum atomic E-state index is -0.570. The Morgan fingerprint density at radius 2 is 2.25 bits per heavy atom. The molecule has 1 amide bonds. The van der Waals surface area contributed by atoms with Crippen molar-refractivity contribution >= 4 is 5.91 Å². The number of pyridine rings is 1. The third-order valence-electron chi connectivity index (χ3n) is 4.71. The predicted molar refractivity (Wildman–Crippen MR) is 88.1 cm³/mol. The van der Waals surface area contributed by atoms with Gasteiger partial charge in [-0.15, -0.1) is 0 Å². The zero-order chi connectivity index (χ0) is 16.9. The lowest BCUT2D eigenvalue weighted by atomic mass is 10.1. The van der Waals surface area contributed by atoms with Crippen molar-refractivity contribution in [1.82, 2.24) is 15.2 Å². The van der Waals surface area contributed by atoms with E-state index in [4.69, 9.17) is 9.47 Å². The zero-order valence-electron chi connectivity index (χ0n) is 14.0. The van der Waals surface area contributed by atoms with Crippen LogP contribution in [0.1, 0.15) is 30.1 Å². The minimum absolute atomic E-state index is 0.0828. The van der Waals surface area contributed by atoms with Crippen LogP contribution in [0.3, 0.4) is 0 Å². The number of morpholine rings is 1. The standard InChI is InChI=1S/C17H25N3O4/c1-2-24-17-12(4-3-7-18-17)16(22)19-13-5-6-14(15(13)21)20-8-10-23-11-9-20/h3-4,7,13-15,21H,2,5-6,8-11H2,1H3,(H,19,22)/t13-,14-,15-/m1/s1. The predicted octanol–water partition coefficient (Wildman–Crippen LogP) is 0.434. The molecule has 1 saturated carbocycles. The highest BCUT2D eigenvalue weighted by molar-refractivity contribution is 5.96. The molecule has 3 rings (SSSR count). The first-order valence-corrected chi connectivity index (χ1v) is 8.59. The van der Waals surface area contributed by atoms with Crippen LogP contribution in [0.15, 0.2) is 18.3 Å². The molecule has 1 saturated heterocycles. The van der Waals surface area contributed by atoms with Crippen LogP contribution in [0.25, 0.3) is 0 Å². The van der Waals surface area contributed by atoms with Crippen LogP contribution in [-0.2, 0) is 4.74 Å². The fourth-order valence-corrected chi connectivity index (χ4v) is 3.49. The van der Waals surface area contributed by atoms with E-state index in [0.29, 0.717) is 31.3 Å². The van der Waals surface area contributed by atoms with Crippen LogP contribution >= 0.6 is 0 Å². The Morgan fingerprint density at radius 3 is 3.00 bits per heavy atom. The number of aromatic nitrogens is 1. The third-order valence-corrected chi connectivity index (χ3v) is 4.71. The molecule has 7 nitrogen and oxygen atoms in total. The highest BCUT2D eigenvalue weighted by Gasteiger charge is 2.39. The smallest absolute Gasteiger partial charge is 0.257 e. The van der Waals surface area contributed by atoms with Gasteiger partial charge in [-0.05, 0) is 31.9 Å². The lowest BCUT2D eigenvalue weighted by molar-refractivity contribution is -0.0154. The SMILES string of the molecule is CCOc1ncccc1C(=O)N[C@@H]1CC[C@@H](N2CCOCC2)[C@@H]1O. The number of nitrogens with zero attached hydrogens (tertiary/aromatic N) is 2. The first-order valence-electron chi connectivity index (χ1n) is 8.59. The van der Waals surface area contributed by atoms with Crippen molar-refractivity contribution in [3.63, 3.8) is 0 Å². The minimum Gasteiger partial charge on any atom is -0.477 e. The number of carbonyl (C=O) groups is 1. The van der Waals surface area contributed by atoms with Gasteiger partial charge in [0.25, 0.3) is 5.91 Å². The van der Waals surface area contributed by atoms with Crippen LogP contribution in [-0.4, -0.2) is 72.0 Å². The van der Waals surface area contributed by atoms with E-state index in [1.165, 1.54) is 0 Å². The summed E-state index contributed by atoms with van der Waals surface area (Å²) < 4.78 is 10.8. The maximum atomic E-state index is 12.5. The van der Waals surface area contributed by atoms with Gasteiger partial charge in [-0.2, -0.15) is 0 Å². The van der Waals surface area contributed by atoms with E-state index in [-0.39, 0.29) is 18.0 Å². The molecule has 0 radical (unpaired) electrons. The molecular weight excluding hydrogens is 310 g/mol. The molecule has 2 N–H and O–H groups in total. The average molecular weight is 335 g/mol. The molecule has 2 heterocycles. The van der Waals surface area contributed by atoms with Crippen molar-refractivity contribution < 1.29 is 19.4 Å². The van der Waals surface area contributed by atoms with Crippen molar-refractivity contribution in [1.29, 1.82) is 0 Å². The highest BCUT2D eigenvalue weighted by Crippen LogP contribution is 2.26. The van der Waals surface area contributed by atoms with Crippen molar-refractivity contribution in [2.75, 3.05) is 32.9 Å². The average Bonchev–Trinajstić information content (AvgIpc) is 2.97. The number of hydrogen-bond acceptors (Lipinski definition) is 6. The Morgan fingerprint density at radius 1 is 1.46 bits per heavy atom. The van der Waals surface area contributed by atoms with E-state index >= 15 is 0 Å². The van der Waals surface area contributed by atoms with Crippen LogP contribution in [0.4, 0.5) is 0 Å². The zero-order valence-corrected chi connectivity index (χ0v) is 14.0. The van der Waals surface area contributed by atoms with Gasteiger partial charge in [-0.3, -0.25) is 9.69 Å². The monoisotopic (exact) mass is 335 g/mol. The second-order valence-corrected chi connectivity index (χ2v) is 6.15. The van der Waals surface area contributed by atoms with Gasteiger partial charge in [0.2, 0.25) is 5.88 Å². The third kappa shape index (κ3) is 3.68. The van der Waals surface area contributed by atoms with E-state index in [1.54, 1.807) is 18.3 Å². The molecule has 7 heteroatoms. The number of aliphatic hydroxyl groups is 1. The van der Waals surface area contributed by atoms with Gasteiger partial charge in [-0.25, -0.2) is 4.98 Å². The quantitative estimate of drug-likeness (QED) is 0.812. The number of hydrogen-bond donors (Lipinski definition) is 2. The number of ether oxygens (including phenoxy) is 2. The Hall–Kier alpha value is -1.70. The summed E-state index contributed by atoms with van der Waals surface area (Å²) in [5.74, 6) is 0.0768. The Bertz CT molecular complexity index is 563. The summed E-state index contributed by atoms with van der Waals surface area (Å²) in [5.41, 5.74) is 0.404. The summed E-state index contributed by atoms with van der Waals surface area (Å²) in [6, 6.07) is 3.23. The number of nitrogens with one attached hydrogen (secondary N) is 1. The van der Waals surface area contributed by atoms with Gasteiger partial charge in [0.1, 0.15) is 5.56 Å². The van der Waals surface area contributed by atoms with Gasteiger partial charge >= 0.3 is 0 Å². The summed E-state index contributed by atoms with van der Waals surface area (Å²) in [5, 5.41) is 13.6. The number of aliphatic hydroxyl groups excluding tert-OH is 1. The van der Waals surface area contributed by atoms with Gasteiger partial charge < -0.3 is 19.9 Å². The van der Waals surface area contributed by atoms with E-state index in [9.17, 15) is 9.90 Å². The highest BCUT2D eigenvalue weighted by atomic mass is 16.5. The first kappa shape index (κ1) is 17.1. The van der Waals surface area contributed by atoms with Crippen LogP contribution < -0.4 is 10.1 Å². The lowest BCUT2D eigenvalue weighted by Crippen LogP contribution is -2.51. The maximum Gasteiger partial charge on any atom is 0.257 e. The molecule has 2 aliphatic rings. The topological polar surface area (TPSA) is 83.9 Å². The number of amides is 1. The molecule has 0 unspecified atom stereocenters. The molecule has 132 valence electrons. The Kier molecular flexibility index (Phi) is 5.65. The van der Waals surface area contributed by atoms with Crippen molar-refractivity contribution in [2.24, 2.45) is 0 Å². The largest absolute Gasteiger partial charge is 0.477 e. The molecule has 0 aromatic carbocycles.